The largest absolute Gasteiger partial charge is 0.340 e. The van der Waals surface area contributed by atoms with E-state index in [0.717, 1.165) is 38.3 Å². The minimum atomic E-state index is -0.240. The summed E-state index contributed by atoms with van der Waals surface area (Å²) in [4.78, 5) is 21.3. The molecule has 5 nitrogen and oxygen atoms in total. The smallest absolute Gasteiger partial charge is 0.231 e. The summed E-state index contributed by atoms with van der Waals surface area (Å²) in [6.45, 7) is 4.50. The van der Waals surface area contributed by atoms with E-state index in [1.807, 2.05) is 47.5 Å². The van der Waals surface area contributed by atoms with E-state index in [1.165, 1.54) is 5.56 Å². The molecule has 1 aromatic heterocycles. The van der Waals surface area contributed by atoms with Crippen LogP contribution in [-0.4, -0.2) is 53.4 Å². The van der Waals surface area contributed by atoms with Gasteiger partial charge >= 0.3 is 0 Å². The Balaban J connectivity index is 0.00000225. The number of nitrogens with two attached hydrogens (primary N) is 1. The summed E-state index contributed by atoms with van der Waals surface area (Å²) in [5, 5.41) is 0. The van der Waals surface area contributed by atoms with Gasteiger partial charge in [-0.15, -0.1) is 12.4 Å². The minimum absolute atomic E-state index is 0. The van der Waals surface area contributed by atoms with Gasteiger partial charge in [0.25, 0.3) is 0 Å². The third kappa shape index (κ3) is 5.01. The average Bonchev–Trinajstić information content (AvgIpc) is 2.65. The maximum absolute atomic E-state index is 12.8. The number of pyridine rings is 1. The zero-order chi connectivity index (χ0) is 16.8. The van der Waals surface area contributed by atoms with Gasteiger partial charge in [-0.2, -0.15) is 0 Å². The van der Waals surface area contributed by atoms with Crippen LogP contribution >= 0.6 is 12.4 Å². The van der Waals surface area contributed by atoms with Gasteiger partial charge in [0.1, 0.15) is 0 Å². The topological polar surface area (TPSA) is 62.5 Å². The van der Waals surface area contributed by atoms with Gasteiger partial charge in [0.05, 0.1) is 5.92 Å². The minimum Gasteiger partial charge on any atom is -0.340 e. The molecule has 134 valence electrons. The summed E-state index contributed by atoms with van der Waals surface area (Å²) >= 11 is 0. The normalized spacial score (nSPS) is 16.1. The van der Waals surface area contributed by atoms with Crippen LogP contribution < -0.4 is 5.73 Å². The van der Waals surface area contributed by atoms with Crippen molar-refractivity contribution >= 4 is 18.3 Å². The number of halogens is 1. The standard InChI is InChI=1S/C19H24N4O.ClH/c20-13-18(17-6-2-1-3-7-17)19(24)23-11-9-22(10-12-23)15-16-5-4-8-21-14-16;/h1-8,14,18H,9-13,15,20H2;1H. The molecule has 1 saturated heterocycles. The molecular formula is C19H25ClN4O. The van der Waals surface area contributed by atoms with Crippen molar-refractivity contribution in [2.45, 2.75) is 12.5 Å². The quantitative estimate of drug-likeness (QED) is 0.884. The molecule has 1 unspecified atom stereocenters. The molecule has 6 heteroatoms. The molecule has 1 fully saturated rings. The number of benzene rings is 1. The summed E-state index contributed by atoms with van der Waals surface area (Å²) in [5.41, 5.74) is 8.09. The van der Waals surface area contributed by atoms with E-state index in [-0.39, 0.29) is 24.2 Å². The lowest BCUT2D eigenvalue weighted by Crippen LogP contribution is -2.50. The van der Waals surface area contributed by atoms with Crippen LogP contribution in [0.25, 0.3) is 0 Å². The number of aromatic nitrogens is 1. The number of carbonyl (C=O) groups excluding carboxylic acids is 1. The molecule has 25 heavy (non-hydrogen) atoms. The van der Waals surface area contributed by atoms with Gasteiger partial charge in [-0.05, 0) is 17.2 Å². The Morgan fingerprint density at radius 1 is 1.08 bits per heavy atom. The van der Waals surface area contributed by atoms with Gasteiger partial charge in [0.15, 0.2) is 0 Å². The van der Waals surface area contributed by atoms with Crippen LogP contribution in [0.1, 0.15) is 17.0 Å². The highest BCUT2D eigenvalue weighted by Crippen LogP contribution is 2.19. The van der Waals surface area contributed by atoms with E-state index in [0.29, 0.717) is 6.54 Å². The second-order valence-corrected chi connectivity index (χ2v) is 6.16. The zero-order valence-electron chi connectivity index (χ0n) is 14.3. The molecule has 0 bridgehead atoms. The van der Waals surface area contributed by atoms with Gasteiger partial charge in [-0.1, -0.05) is 36.4 Å². The Labute approximate surface area is 155 Å². The summed E-state index contributed by atoms with van der Waals surface area (Å²) in [5.74, 6) is -0.0965. The van der Waals surface area contributed by atoms with E-state index in [1.54, 1.807) is 6.20 Å². The number of hydrogen-bond acceptors (Lipinski definition) is 4. The molecule has 1 amide bonds. The summed E-state index contributed by atoms with van der Waals surface area (Å²) in [6, 6.07) is 13.9. The lowest BCUT2D eigenvalue weighted by atomic mass is 9.97. The van der Waals surface area contributed by atoms with Gasteiger partial charge < -0.3 is 10.6 Å². The molecule has 1 aromatic carbocycles. The Morgan fingerprint density at radius 3 is 2.40 bits per heavy atom. The molecule has 2 heterocycles. The molecule has 2 N–H and O–H groups in total. The van der Waals surface area contributed by atoms with Gasteiger partial charge in [-0.25, -0.2) is 0 Å². The van der Waals surface area contributed by atoms with Crippen LogP contribution in [0.5, 0.6) is 0 Å². The van der Waals surface area contributed by atoms with Crippen molar-refractivity contribution < 1.29 is 4.79 Å². The van der Waals surface area contributed by atoms with Crippen molar-refractivity contribution in [2.75, 3.05) is 32.7 Å². The molecule has 1 atom stereocenters. The van der Waals surface area contributed by atoms with Crippen LogP contribution in [0, 0.1) is 0 Å². The van der Waals surface area contributed by atoms with Crippen molar-refractivity contribution in [2.24, 2.45) is 5.73 Å². The SMILES string of the molecule is Cl.NCC(C(=O)N1CCN(Cc2cccnc2)CC1)c1ccccc1. The first-order chi connectivity index (χ1) is 11.8. The molecule has 0 saturated carbocycles. The third-order valence-electron chi connectivity index (χ3n) is 4.55. The highest BCUT2D eigenvalue weighted by Gasteiger charge is 2.27. The molecule has 0 aliphatic carbocycles. The van der Waals surface area contributed by atoms with Gasteiger partial charge in [0.2, 0.25) is 5.91 Å². The highest BCUT2D eigenvalue weighted by molar-refractivity contribution is 5.85. The molecule has 1 aliphatic heterocycles. The number of amides is 1. The van der Waals surface area contributed by atoms with E-state index >= 15 is 0 Å². The van der Waals surface area contributed by atoms with Crippen molar-refractivity contribution in [3.63, 3.8) is 0 Å². The third-order valence-corrected chi connectivity index (χ3v) is 4.55. The van der Waals surface area contributed by atoms with E-state index < -0.39 is 0 Å². The fourth-order valence-corrected chi connectivity index (χ4v) is 3.16. The van der Waals surface area contributed by atoms with Crippen LogP contribution in [0.15, 0.2) is 54.9 Å². The lowest BCUT2D eigenvalue weighted by molar-refractivity contribution is -0.134. The molecular weight excluding hydrogens is 336 g/mol. The molecule has 3 rings (SSSR count). The second-order valence-electron chi connectivity index (χ2n) is 6.16. The van der Waals surface area contributed by atoms with Crippen molar-refractivity contribution in [3.05, 3.63) is 66.0 Å². The molecule has 1 aliphatic rings. The molecule has 0 spiro atoms. The van der Waals surface area contributed by atoms with Crippen LogP contribution in [0.2, 0.25) is 0 Å². The maximum Gasteiger partial charge on any atom is 0.231 e. The lowest BCUT2D eigenvalue weighted by Gasteiger charge is -2.36. The van der Waals surface area contributed by atoms with E-state index in [2.05, 4.69) is 16.0 Å². The predicted molar refractivity (Wildman–Crippen MR) is 102 cm³/mol. The number of piperazine rings is 1. The fraction of sp³-hybridized carbons (Fsp3) is 0.368. The van der Waals surface area contributed by atoms with Crippen molar-refractivity contribution in [3.8, 4) is 0 Å². The first kappa shape index (κ1) is 19.4. The Morgan fingerprint density at radius 2 is 1.80 bits per heavy atom. The second kappa shape index (κ2) is 9.51. The first-order valence-corrected chi connectivity index (χ1v) is 8.43. The van der Waals surface area contributed by atoms with Crippen LogP contribution in [0.3, 0.4) is 0 Å². The Bertz CT molecular complexity index is 645. The number of nitrogens with zero attached hydrogens (tertiary/aromatic N) is 3. The van der Waals surface area contributed by atoms with Crippen molar-refractivity contribution in [1.29, 1.82) is 0 Å². The zero-order valence-corrected chi connectivity index (χ0v) is 15.1. The van der Waals surface area contributed by atoms with E-state index in [4.69, 9.17) is 5.73 Å². The van der Waals surface area contributed by atoms with E-state index in [9.17, 15) is 4.79 Å². The first-order valence-electron chi connectivity index (χ1n) is 8.43. The molecule has 2 aromatic rings. The summed E-state index contributed by atoms with van der Waals surface area (Å²) < 4.78 is 0. The fourth-order valence-electron chi connectivity index (χ4n) is 3.16. The van der Waals surface area contributed by atoms with Gasteiger partial charge in [0, 0.05) is 51.7 Å². The number of carbonyl (C=O) groups is 1. The maximum atomic E-state index is 12.8. The van der Waals surface area contributed by atoms with Crippen LogP contribution in [-0.2, 0) is 11.3 Å². The Hall–Kier alpha value is -1.95. The molecule has 0 radical (unpaired) electrons. The summed E-state index contributed by atoms with van der Waals surface area (Å²) in [7, 11) is 0. The highest BCUT2D eigenvalue weighted by atomic mass is 35.5. The average molecular weight is 361 g/mol. The van der Waals surface area contributed by atoms with Gasteiger partial charge in [-0.3, -0.25) is 14.7 Å². The monoisotopic (exact) mass is 360 g/mol. The Kier molecular flexibility index (Phi) is 7.37. The van der Waals surface area contributed by atoms with Crippen molar-refractivity contribution in [1.82, 2.24) is 14.8 Å². The summed E-state index contributed by atoms with van der Waals surface area (Å²) in [6.07, 6.45) is 3.69. The number of rotatable bonds is 5. The van der Waals surface area contributed by atoms with Crippen LogP contribution in [0.4, 0.5) is 0 Å². The number of hydrogen-bond donors (Lipinski definition) is 1. The predicted octanol–water partition coefficient (Wildman–Crippen LogP) is 1.89.